The van der Waals surface area contributed by atoms with Crippen molar-refractivity contribution in [2.75, 3.05) is 0 Å². The summed E-state index contributed by atoms with van der Waals surface area (Å²) in [5.74, 6) is 0.757. The van der Waals surface area contributed by atoms with E-state index in [1.807, 2.05) is 0 Å². The van der Waals surface area contributed by atoms with Crippen LogP contribution >= 0.6 is 0 Å². The summed E-state index contributed by atoms with van der Waals surface area (Å²) in [5, 5.41) is 22.7. The summed E-state index contributed by atoms with van der Waals surface area (Å²) in [5.41, 5.74) is 1.43. The van der Waals surface area contributed by atoms with Gasteiger partial charge in [-0.05, 0) is 80.8 Å². The highest BCUT2D eigenvalue weighted by Gasteiger charge is 2.59. The van der Waals surface area contributed by atoms with Crippen molar-refractivity contribution in [3.63, 3.8) is 0 Å². The van der Waals surface area contributed by atoms with Crippen LogP contribution in [0.5, 0.6) is 0 Å². The molecule has 22 heavy (non-hydrogen) atoms. The van der Waals surface area contributed by atoms with Crippen LogP contribution in [0, 0.1) is 11.8 Å². The van der Waals surface area contributed by atoms with Crippen LogP contribution in [-0.4, -0.2) is 21.4 Å². The monoisotopic (exact) mass is 302 g/mol. The molecule has 0 aliphatic heterocycles. The molecule has 0 aromatic heterocycles. The zero-order valence-corrected chi connectivity index (χ0v) is 13.7. The third-order valence-electron chi connectivity index (χ3n) is 7.06. The topological polar surface area (TPSA) is 40.5 Å². The normalized spacial score (nSPS) is 41.0. The summed E-state index contributed by atoms with van der Waals surface area (Å²) in [6.07, 6.45) is 17.6. The first kappa shape index (κ1) is 15.0. The quantitative estimate of drug-likeness (QED) is 0.817. The first-order valence-electron chi connectivity index (χ1n) is 9.48. The molecule has 2 nitrogen and oxygen atoms in total. The van der Waals surface area contributed by atoms with Gasteiger partial charge in [-0.3, -0.25) is 0 Å². The molecule has 4 aliphatic carbocycles. The van der Waals surface area contributed by atoms with Gasteiger partial charge in [0.15, 0.2) is 0 Å². The minimum Gasteiger partial charge on any atom is -0.387 e. The molecular formula is C20H30O2. The molecule has 0 heterocycles. The Morgan fingerprint density at radius 1 is 0.864 bits per heavy atom. The van der Waals surface area contributed by atoms with Crippen LogP contribution in [-0.2, 0) is 0 Å². The predicted octanol–water partition coefficient (Wildman–Crippen LogP) is 4.27. The number of hydrogen-bond donors (Lipinski definition) is 2. The van der Waals surface area contributed by atoms with Crippen molar-refractivity contribution < 1.29 is 10.2 Å². The minimum atomic E-state index is -0.837. The van der Waals surface area contributed by atoms with Crippen LogP contribution in [0.2, 0.25) is 0 Å². The van der Waals surface area contributed by atoms with Crippen molar-refractivity contribution in [2.45, 2.75) is 88.3 Å². The molecule has 0 radical (unpaired) electrons. The van der Waals surface area contributed by atoms with Crippen molar-refractivity contribution in [1.29, 1.82) is 0 Å². The average molecular weight is 302 g/mol. The lowest BCUT2D eigenvalue weighted by atomic mass is 9.67. The summed E-state index contributed by atoms with van der Waals surface area (Å²) in [4.78, 5) is 0. The van der Waals surface area contributed by atoms with Gasteiger partial charge in [0.2, 0.25) is 0 Å². The highest BCUT2D eigenvalue weighted by molar-refractivity contribution is 5.39. The third kappa shape index (κ3) is 2.14. The number of allylic oxidation sites excluding steroid dienone is 4. The van der Waals surface area contributed by atoms with Gasteiger partial charge in [0, 0.05) is 0 Å². The second-order valence-electron chi connectivity index (χ2n) is 8.13. The van der Waals surface area contributed by atoms with Gasteiger partial charge in [-0.1, -0.05) is 31.4 Å². The second-order valence-corrected chi connectivity index (χ2v) is 8.13. The molecule has 122 valence electrons. The van der Waals surface area contributed by atoms with Gasteiger partial charge in [0.05, 0.1) is 11.2 Å². The highest BCUT2D eigenvalue weighted by atomic mass is 16.4. The van der Waals surface area contributed by atoms with Crippen LogP contribution in [0.25, 0.3) is 0 Å². The van der Waals surface area contributed by atoms with E-state index in [1.54, 1.807) is 5.57 Å². The molecule has 0 saturated heterocycles. The van der Waals surface area contributed by atoms with Gasteiger partial charge in [0.1, 0.15) is 0 Å². The van der Waals surface area contributed by atoms with Crippen molar-refractivity contribution in [1.82, 2.24) is 0 Å². The average Bonchev–Trinajstić information content (AvgIpc) is 3.25. The summed E-state index contributed by atoms with van der Waals surface area (Å²) in [6, 6.07) is 0. The Balaban J connectivity index is 1.62. The van der Waals surface area contributed by atoms with Crippen LogP contribution in [0.3, 0.4) is 0 Å². The van der Waals surface area contributed by atoms with E-state index >= 15 is 0 Å². The summed E-state index contributed by atoms with van der Waals surface area (Å²) in [6.45, 7) is 0. The lowest BCUT2D eigenvalue weighted by Crippen LogP contribution is -2.56. The van der Waals surface area contributed by atoms with E-state index < -0.39 is 11.2 Å². The molecule has 0 aromatic rings. The molecule has 3 atom stereocenters. The Kier molecular flexibility index (Phi) is 3.73. The fourth-order valence-corrected chi connectivity index (χ4v) is 5.97. The van der Waals surface area contributed by atoms with E-state index in [0.717, 1.165) is 51.4 Å². The van der Waals surface area contributed by atoms with Crippen molar-refractivity contribution >= 4 is 0 Å². The van der Waals surface area contributed by atoms with Crippen molar-refractivity contribution in [3.05, 3.63) is 23.3 Å². The Morgan fingerprint density at radius 3 is 2.41 bits per heavy atom. The molecule has 0 amide bonds. The van der Waals surface area contributed by atoms with E-state index in [1.165, 1.54) is 31.3 Å². The molecular weight excluding hydrogens is 272 g/mol. The Labute approximate surface area is 134 Å². The lowest BCUT2D eigenvalue weighted by molar-refractivity contribution is -0.174. The van der Waals surface area contributed by atoms with Crippen molar-refractivity contribution in [2.24, 2.45) is 11.8 Å². The summed E-state index contributed by atoms with van der Waals surface area (Å²) in [7, 11) is 0. The summed E-state index contributed by atoms with van der Waals surface area (Å²) >= 11 is 0. The molecule has 2 fully saturated rings. The highest BCUT2D eigenvalue weighted by Crippen LogP contribution is 2.56. The van der Waals surface area contributed by atoms with E-state index in [9.17, 15) is 10.2 Å². The molecule has 2 N–H and O–H groups in total. The van der Waals surface area contributed by atoms with E-state index in [2.05, 4.69) is 12.2 Å². The zero-order valence-electron chi connectivity index (χ0n) is 13.7. The first-order valence-corrected chi connectivity index (χ1v) is 9.48. The van der Waals surface area contributed by atoms with Gasteiger partial charge in [-0.25, -0.2) is 0 Å². The largest absolute Gasteiger partial charge is 0.387 e. The molecule has 2 heteroatoms. The maximum absolute atomic E-state index is 11.5. The SMILES string of the molecule is OC1(C2(O)CCCC2C2CCC=C2C2=CCCC2)CCCC1. The van der Waals surface area contributed by atoms with Gasteiger partial charge >= 0.3 is 0 Å². The Morgan fingerprint density at radius 2 is 1.68 bits per heavy atom. The minimum absolute atomic E-state index is 0.269. The lowest BCUT2D eigenvalue weighted by Gasteiger charge is -2.45. The predicted molar refractivity (Wildman–Crippen MR) is 88.4 cm³/mol. The standard InChI is InChI=1S/C20H30O2/c21-19(12-3-4-13-19)20(22)14-6-11-18(20)17-10-5-9-16(17)15-7-1-2-8-15/h7,9,17-18,21-22H,1-6,8,10-14H2. The molecule has 0 bridgehead atoms. The van der Waals surface area contributed by atoms with Gasteiger partial charge in [-0.2, -0.15) is 0 Å². The molecule has 3 unspecified atom stereocenters. The first-order chi connectivity index (χ1) is 10.6. The fraction of sp³-hybridized carbons (Fsp3) is 0.800. The Bertz CT molecular complexity index is 498. The van der Waals surface area contributed by atoms with E-state index in [-0.39, 0.29) is 5.92 Å². The van der Waals surface area contributed by atoms with Gasteiger partial charge < -0.3 is 10.2 Å². The van der Waals surface area contributed by atoms with E-state index in [0.29, 0.717) is 5.92 Å². The van der Waals surface area contributed by atoms with Crippen LogP contribution in [0.4, 0.5) is 0 Å². The van der Waals surface area contributed by atoms with E-state index in [4.69, 9.17) is 0 Å². The fourth-order valence-electron chi connectivity index (χ4n) is 5.97. The number of aliphatic hydroxyl groups is 2. The van der Waals surface area contributed by atoms with Gasteiger partial charge in [0.25, 0.3) is 0 Å². The van der Waals surface area contributed by atoms with Crippen LogP contribution < -0.4 is 0 Å². The molecule has 4 rings (SSSR count). The summed E-state index contributed by atoms with van der Waals surface area (Å²) < 4.78 is 0. The smallest absolute Gasteiger partial charge is 0.0967 e. The molecule has 4 aliphatic rings. The zero-order chi connectivity index (χ0) is 15.2. The second kappa shape index (κ2) is 5.49. The van der Waals surface area contributed by atoms with Crippen LogP contribution in [0.15, 0.2) is 23.3 Å². The molecule has 2 saturated carbocycles. The van der Waals surface area contributed by atoms with Crippen molar-refractivity contribution in [3.8, 4) is 0 Å². The maximum atomic E-state index is 11.5. The molecule has 0 aromatic carbocycles. The number of rotatable bonds is 3. The maximum Gasteiger partial charge on any atom is 0.0967 e. The molecule has 0 spiro atoms. The number of hydrogen-bond acceptors (Lipinski definition) is 2. The van der Waals surface area contributed by atoms with Crippen LogP contribution in [0.1, 0.15) is 77.0 Å². The third-order valence-corrected chi connectivity index (χ3v) is 7.06. The Hall–Kier alpha value is -0.600. The van der Waals surface area contributed by atoms with Gasteiger partial charge in [-0.15, -0.1) is 0 Å².